The molecule has 0 atom stereocenters. The summed E-state index contributed by atoms with van der Waals surface area (Å²) < 4.78 is 0. The summed E-state index contributed by atoms with van der Waals surface area (Å²) in [6, 6.07) is 50.8. The van der Waals surface area contributed by atoms with Gasteiger partial charge in [0.25, 0.3) is 0 Å². The average Bonchev–Trinajstić information content (AvgIpc) is 3.20. The van der Waals surface area contributed by atoms with E-state index in [1.807, 2.05) is 91.3 Å². The fourth-order valence-corrected chi connectivity index (χ4v) is 6.00. The van der Waals surface area contributed by atoms with Crippen molar-refractivity contribution in [1.29, 1.82) is 10.8 Å². The topological polar surface area (TPSA) is 99.5 Å². The van der Waals surface area contributed by atoms with Crippen molar-refractivity contribution in [3.63, 3.8) is 0 Å². The minimum Gasteiger partial charge on any atom is -0.399 e. The quantitative estimate of drug-likeness (QED) is 0.123. The normalized spacial score (nSPS) is 12.3. The predicted octanol–water partition coefficient (Wildman–Crippen LogP) is 10.9. The zero-order chi connectivity index (χ0) is 35.0. The van der Waals surface area contributed by atoms with Gasteiger partial charge >= 0.3 is 0 Å². The fourth-order valence-electron chi connectivity index (χ4n) is 6.00. The Hall–Kier alpha value is -6.98. The van der Waals surface area contributed by atoms with Gasteiger partial charge in [0.05, 0.1) is 11.4 Å². The van der Waals surface area contributed by atoms with Gasteiger partial charge in [0, 0.05) is 41.6 Å². The molecule has 0 saturated carbocycles. The molecule has 5 nitrogen and oxygen atoms in total. The summed E-state index contributed by atoms with van der Waals surface area (Å²) in [6.07, 6.45) is 11.2. The highest BCUT2D eigenvalue weighted by Crippen LogP contribution is 2.32. The number of benzene rings is 5. The number of aromatic nitrogens is 2. The molecular formula is C46H35N5. The number of hydrogen-bond donors (Lipinski definition) is 3. The summed E-state index contributed by atoms with van der Waals surface area (Å²) in [6.45, 7) is 0. The maximum atomic E-state index is 8.82. The van der Waals surface area contributed by atoms with Crippen LogP contribution in [0.2, 0.25) is 0 Å². The SMILES string of the molecule is N=C1C(=N)C(c2ccc(-c3ccc(-c4cccnc4)cc3)cc2)=CC=C1c1ccc(-c2ccc(-c3cccnc3)cc2)cc1.Nc1ccccc1. The molecule has 2 heterocycles. The second kappa shape index (κ2) is 15.1. The van der Waals surface area contributed by atoms with Crippen LogP contribution in [0, 0.1) is 10.8 Å². The van der Waals surface area contributed by atoms with Crippen LogP contribution in [0.25, 0.3) is 55.7 Å². The number of para-hydroxylation sites is 1. The highest BCUT2D eigenvalue weighted by atomic mass is 14.6. The molecule has 4 N–H and O–H groups in total. The van der Waals surface area contributed by atoms with Crippen molar-refractivity contribution in [2.75, 3.05) is 5.73 Å². The van der Waals surface area contributed by atoms with Crippen molar-refractivity contribution in [2.45, 2.75) is 0 Å². The molecule has 2 aromatic heterocycles. The van der Waals surface area contributed by atoms with Crippen LogP contribution in [0.4, 0.5) is 5.69 Å². The Morgan fingerprint density at radius 1 is 0.333 bits per heavy atom. The Labute approximate surface area is 298 Å². The number of nitrogens with two attached hydrogens (primary N) is 1. The van der Waals surface area contributed by atoms with Crippen molar-refractivity contribution in [3.8, 4) is 44.5 Å². The number of nitrogen functional groups attached to an aromatic ring is 1. The van der Waals surface area contributed by atoms with Crippen LogP contribution in [-0.2, 0) is 0 Å². The molecule has 0 bridgehead atoms. The molecule has 1 aliphatic rings. The van der Waals surface area contributed by atoms with E-state index in [1.165, 1.54) is 0 Å². The first-order valence-electron chi connectivity index (χ1n) is 16.7. The summed E-state index contributed by atoms with van der Waals surface area (Å²) in [5.41, 5.74) is 18.9. The molecule has 0 fully saturated rings. The Bertz CT molecular complexity index is 2170. The van der Waals surface area contributed by atoms with Gasteiger partial charge in [-0.1, -0.05) is 140 Å². The van der Waals surface area contributed by atoms with Gasteiger partial charge in [0.2, 0.25) is 0 Å². The average molecular weight is 658 g/mol. The van der Waals surface area contributed by atoms with Gasteiger partial charge in [-0.3, -0.25) is 20.8 Å². The molecule has 5 aromatic carbocycles. The molecule has 0 spiro atoms. The Balaban J connectivity index is 0.000000520. The van der Waals surface area contributed by atoms with Gasteiger partial charge in [-0.25, -0.2) is 0 Å². The molecule has 0 aliphatic heterocycles. The number of nitrogens with zero attached hydrogens (tertiary/aromatic N) is 2. The van der Waals surface area contributed by atoms with E-state index in [-0.39, 0.29) is 11.4 Å². The number of pyridine rings is 2. The zero-order valence-electron chi connectivity index (χ0n) is 27.9. The highest BCUT2D eigenvalue weighted by molar-refractivity contribution is 6.68. The van der Waals surface area contributed by atoms with E-state index in [4.69, 9.17) is 16.6 Å². The molecule has 0 amide bonds. The molecule has 0 unspecified atom stereocenters. The van der Waals surface area contributed by atoms with Crippen molar-refractivity contribution >= 4 is 28.3 Å². The Morgan fingerprint density at radius 2 is 0.647 bits per heavy atom. The molecule has 0 saturated heterocycles. The van der Waals surface area contributed by atoms with Crippen LogP contribution in [0.5, 0.6) is 0 Å². The molecule has 8 rings (SSSR count). The lowest BCUT2D eigenvalue weighted by atomic mass is 9.86. The molecular weight excluding hydrogens is 623 g/mol. The van der Waals surface area contributed by atoms with Gasteiger partial charge in [-0.15, -0.1) is 0 Å². The first kappa shape index (κ1) is 32.6. The van der Waals surface area contributed by atoms with Gasteiger partial charge in [-0.05, 0) is 79.9 Å². The molecule has 7 aromatic rings. The first-order chi connectivity index (χ1) is 25.0. The standard InChI is InChI=1S/C40H28N4.C6H7N/c41-39-37(33-17-13-29(14-18-33)27-5-9-31(10-6-27)35-3-1-23-43-25-35)21-22-38(40(39)42)34-19-15-30(16-20-34)28-7-11-32(12-8-28)36-4-2-24-44-26-36;7-6-4-2-1-3-5-6/h1-26,41-42H;1-5H,7H2. The van der Waals surface area contributed by atoms with E-state index in [0.29, 0.717) is 0 Å². The minimum atomic E-state index is 0.228. The lowest BCUT2D eigenvalue weighted by Gasteiger charge is -2.18. The lowest BCUT2D eigenvalue weighted by Crippen LogP contribution is -2.18. The lowest BCUT2D eigenvalue weighted by molar-refractivity contribution is 1.33. The summed E-state index contributed by atoms with van der Waals surface area (Å²) in [4.78, 5) is 8.42. The van der Waals surface area contributed by atoms with Gasteiger partial charge in [0.1, 0.15) is 0 Å². The van der Waals surface area contributed by atoms with E-state index in [9.17, 15) is 0 Å². The zero-order valence-corrected chi connectivity index (χ0v) is 27.9. The monoisotopic (exact) mass is 657 g/mol. The van der Waals surface area contributed by atoms with E-state index in [2.05, 4.69) is 94.9 Å². The van der Waals surface area contributed by atoms with Crippen LogP contribution in [-0.4, -0.2) is 21.4 Å². The van der Waals surface area contributed by atoms with E-state index in [0.717, 1.165) is 72.5 Å². The van der Waals surface area contributed by atoms with Crippen molar-refractivity contribution < 1.29 is 0 Å². The molecule has 244 valence electrons. The van der Waals surface area contributed by atoms with Gasteiger partial charge in [0.15, 0.2) is 0 Å². The number of nitrogens with one attached hydrogen (secondary N) is 2. The number of allylic oxidation sites excluding steroid dienone is 4. The number of anilines is 1. The summed E-state index contributed by atoms with van der Waals surface area (Å²) in [5, 5.41) is 17.6. The fraction of sp³-hybridized carbons (Fsp3) is 0. The van der Waals surface area contributed by atoms with Crippen LogP contribution < -0.4 is 5.73 Å². The van der Waals surface area contributed by atoms with Crippen molar-refractivity contribution in [1.82, 2.24) is 9.97 Å². The molecule has 1 aliphatic carbocycles. The van der Waals surface area contributed by atoms with Gasteiger partial charge in [-0.2, -0.15) is 0 Å². The highest BCUT2D eigenvalue weighted by Gasteiger charge is 2.21. The smallest absolute Gasteiger partial charge is 0.0873 e. The minimum absolute atomic E-state index is 0.228. The van der Waals surface area contributed by atoms with Crippen molar-refractivity contribution in [2.24, 2.45) is 0 Å². The van der Waals surface area contributed by atoms with Crippen LogP contribution in [0.1, 0.15) is 11.1 Å². The van der Waals surface area contributed by atoms with Crippen LogP contribution in [0.3, 0.4) is 0 Å². The maximum Gasteiger partial charge on any atom is 0.0873 e. The van der Waals surface area contributed by atoms with E-state index in [1.54, 1.807) is 12.4 Å². The second-order valence-electron chi connectivity index (χ2n) is 12.1. The van der Waals surface area contributed by atoms with E-state index < -0.39 is 0 Å². The largest absolute Gasteiger partial charge is 0.399 e. The maximum absolute atomic E-state index is 8.82. The summed E-state index contributed by atoms with van der Waals surface area (Å²) >= 11 is 0. The van der Waals surface area contributed by atoms with Gasteiger partial charge < -0.3 is 5.73 Å². The number of rotatable bonds is 6. The number of hydrogen-bond acceptors (Lipinski definition) is 5. The predicted molar refractivity (Wildman–Crippen MR) is 212 cm³/mol. The molecule has 0 radical (unpaired) electrons. The van der Waals surface area contributed by atoms with Crippen molar-refractivity contribution in [3.05, 3.63) is 200 Å². The van der Waals surface area contributed by atoms with Crippen LogP contribution in [0.15, 0.2) is 189 Å². The molecule has 51 heavy (non-hydrogen) atoms. The summed E-state index contributed by atoms with van der Waals surface area (Å²) in [5.74, 6) is 0. The van der Waals surface area contributed by atoms with Crippen LogP contribution >= 0.6 is 0 Å². The Kier molecular flexibility index (Phi) is 9.62. The van der Waals surface area contributed by atoms with E-state index >= 15 is 0 Å². The summed E-state index contributed by atoms with van der Waals surface area (Å²) in [7, 11) is 0. The Morgan fingerprint density at radius 3 is 0.922 bits per heavy atom. The third-order valence-corrected chi connectivity index (χ3v) is 8.82. The second-order valence-corrected chi connectivity index (χ2v) is 12.1. The third kappa shape index (κ3) is 7.53. The third-order valence-electron chi connectivity index (χ3n) is 8.82. The first-order valence-corrected chi connectivity index (χ1v) is 16.7. The molecule has 5 heteroatoms.